The lowest BCUT2D eigenvalue weighted by molar-refractivity contribution is -0.303. The van der Waals surface area contributed by atoms with Gasteiger partial charge in [-0.25, -0.2) is 0 Å². The van der Waals surface area contributed by atoms with E-state index in [0.29, 0.717) is 0 Å². The van der Waals surface area contributed by atoms with Crippen molar-refractivity contribution >= 4 is 23.9 Å². The van der Waals surface area contributed by atoms with Crippen LogP contribution in [-0.4, -0.2) is 36.9 Å². The summed E-state index contributed by atoms with van der Waals surface area (Å²) in [4.78, 5) is 21.7. The first-order valence-electron chi connectivity index (χ1n) is 7.58. The van der Waals surface area contributed by atoms with Gasteiger partial charge in [0.1, 0.15) is 0 Å². The number of rotatable bonds is 9. The van der Waals surface area contributed by atoms with Crippen LogP contribution in [0.5, 0.6) is 0 Å². The van der Waals surface area contributed by atoms with Gasteiger partial charge in [-0.1, -0.05) is 25.7 Å². The van der Waals surface area contributed by atoms with Gasteiger partial charge >= 0.3 is 0 Å². The summed E-state index contributed by atoms with van der Waals surface area (Å²) < 4.78 is 0. The van der Waals surface area contributed by atoms with Crippen LogP contribution in [0.4, 0.5) is 0 Å². The monoisotopic (exact) mass is 346 g/mol. The maximum Gasteiger partial charge on any atom is 0.185 e. The molecule has 0 aliphatic rings. The number of nitrogens with zero attached hydrogens (tertiary/aromatic N) is 1. The lowest BCUT2D eigenvalue weighted by Crippen LogP contribution is -2.30. The molecule has 0 aliphatic heterocycles. The summed E-state index contributed by atoms with van der Waals surface area (Å²) in [7, 11) is 0. The van der Waals surface area contributed by atoms with Crippen molar-refractivity contribution in [2.45, 2.75) is 52.4 Å². The number of aliphatic imine (C=N–C) groups is 1. The second kappa shape index (κ2) is 20.5. The number of nitrogens with two attached hydrogens (primary N) is 3. The van der Waals surface area contributed by atoms with Crippen LogP contribution in [-0.2, 0) is 9.59 Å². The van der Waals surface area contributed by atoms with E-state index in [4.69, 9.17) is 42.4 Å². The number of carboxylic acid groups (broad SMARTS) is 2. The highest BCUT2D eigenvalue weighted by molar-refractivity contribution is 5.75. The number of nitrogens with one attached hydrogen (secondary N) is 2. The van der Waals surface area contributed by atoms with Crippen LogP contribution in [0, 0.1) is 5.41 Å². The van der Waals surface area contributed by atoms with Gasteiger partial charge in [-0.3, -0.25) is 10.4 Å². The molecule has 0 saturated heterocycles. The molecule has 0 aromatic rings. The van der Waals surface area contributed by atoms with E-state index in [0.717, 1.165) is 46.2 Å². The molecule has 10 heteroatoms. The molecule has 10 nitrogen and oxygen atoms in total. The molecule has 0 rings (SSSR count). The van der Waals surface area contributed by atoms with Crippen LogP contribution in [0.2, 0.25) is 0 Å². The predicted molar refractivity (Wildman–Crippen MR) is 89.7 cm³/mol. The van der Waals surface area contributed by atoms with Crippen LogP contribution < -0.4 is 32.7 Å². The Morgan fingerprint density at radius 1 is 0.917 bits per heavy atom. The number of hydrogen-bond donors (Lipinski definition) is 5. The molecular weight excluding hydrogens is 316 g/mol. The molecule has 24 heavy (non-hydrogen) atoms. The van der Waals surface area contributed by atoms with Crippen molar-refractivity contribution in [1.29, 1.82) is 5.41 Å². The lowest BCUT2D eigenvalue weighted by Gasteiger charge is -2.03. The van der Waals surface area contributed by atoms with Crippen LogP contribution in [0.25, 0.3) is 0 Å². The zero-order chi connectivity index (χ0) is 19.4. The minimum Gasteiger partial charge on any atom is -0.550 e. The van der Waals surface area contributed by atoms with Gasteiger partial charge < -0.3 is 42.3 Å². The SMILES string of the molecule is CC(=O)[O-].CC(=O)[O-].N=C(N)NCCCCCCCCN=C(N)N. The quantitative estimate of drug-likeness (QED) is 0.172. The van der Waals surface area contributed by atoms with Crippen molar-refractivity contribution in [2.75, 3.05) is 13.1 Å². The second-order valence-electron chi connectivity index (χ2n) is 4.75. The molecule has 0 bridgehead atoms. The molecule has 0 fully saturated rings. The van der Waals surface area contributed by atoms with E-state index < -0.39 is 11.9 Å². The van der Waals surface area contributed by atoms with Gasteiger partial charge in [0.15, 0.2) is 11.9 Å². The number of guanidine groups is 2. The van der Waals surface area contributed by atoms with Gasteiger partial charge in [-0.2, -0.15) is 0 Å². The number of carbonyl (C=O) groups excluding carboxylic acids is 2. The Balaban J connectivity index is -0.000000457. The lowest BCUT2D eigenvalue weighted by atomic mass is 10.1. The maximum absolute atomic E-state index is 8.89. The maximum atomic E-state index is 8.89. The highest BCUT2D eigenvalue weighted by Gasteiger charge is 1.92. The largest absolute Gasteiger partial charge is 0.550 e. The van der Waals surface area contributed by atoms with Crippen molar-refractivity contribution in [3.05, 3.63) is 0 Å². The molecule has 0 spiro atoms. The Kier molecular flexibility index (Phi) is 22.5. The highest BCUT2D eigenvalue weighted by atomic mass is 16.4. The Morgan fingerprint density at radius 3 is 1.67 bits per heavy atom. The molecule has 0 aliphatic carbocycles. The molecule has 0 heterocycles. The number of hydrogen-bond acceptors (Lipinski definition) is 6. The van der Waals surface area contributed by atoms with Gasteiger partial charge in [0.05, 0.1) is 0 Å². The van der Waals surface area contributed by atoms with Crippen molar-refractivity contribution in [1.82, 2.24) is 5.32 Å². The van der Waals surface area contributed by atoms with Crippen LogP contribution in [0.15, 0.2) is 4.99 Å². The van der Waals surface area contributed by atoms with Gasteiger partial charge in [0, 0.05) is 25.0 Å². The van der Waals surface area contributed by atoms with Gasteiger partial charge in [0.25, 0.3) is 0 Å². The molecule has 0 unspecified atom stereocenters. The predicted octanol–water partition coefficient (Wildman–Crippen LogP) is -2.40. The third-order valence-electron chi connectivity index (χ3n) is 2.19. The molecule has 0 saturated carbocycles. The van der Waals surface area contributed by atoms with Gasteiger partial charge in [-0.05, 0) is 26.7 Å². The normalized spacial score (nSPS) is 8.58. The summed E-state index contributed by atoms with van der Waals surface area (Å²) in [6.07, 6.45) is 6.86. The van der Waals surface area contributed by atoms with Crippen molar-refractivity contribution in [2.24, 2.45) is 22.2 Å². The van der Waals surface area contributed by atoms with Crippen LogP contribution >= 0.6 is 0 Å². The molecule has 0 atom stereocenters. The fourth-order valence-electron chi connectivity index (χ4n) is 1.38. The van der Waals surface area contributed by atoms with Crippen LogP contribution in [0.1, 0.15) is 52.4 Å². The number of unbranched alkanes of at least 4 members (excludes halogenated alkanes) is 5. The van der Waals surface area contributed by atoms with E-state index in [-0.39, 0.29) is 11.9 Å². The van der Waals surface area contributed by atoms with E-state index in [1.807, 2.05) is 0 Å². The summed E-state index contributed by atoms with van der Waals surface area (Å²) in [5.74, 6) is -1.94. The first-order valence-corrected chi connectivity index (χ1v) is 7.58. The smallest absolute Gasteiger partial charge is 0.185 e. The van der Waals surface area contributed by atoms with Gasteiger partial charge in [-0.15, -0.1) is 0 Å². The first kappa shape index (κ1) is 26.4. The summed E-state index contributed by atoms with van der Waals surface area (Å²) in [6.45, 7) is 3.47. The third kappa shape index (κ3) is 60.6. The van der Waals surface area contributed by atoms with Gasteiger partial charge in [0.2, 0.25) is 0 Å². The number of carboxylic acids is 2. The van der Waals surface area contributed by atoms with E-state index in [2.05, 4.69) is 10.3 Å². The average molecular weight is 346 g/mol. The van der Waals surface area contributed by atoms with E-state index >= 15 is 0 Å². The van der Waals surface area contributed by atoms with Crippen LogP contribution in [0.3, 0.4) is 0 Å². The van der Waals surface area contributed by atoms with E-state index in [9.17, 15) is 0 Å². The summed E-state index contributed by atoms with van der Waals surface area (Å²) in [5.41, 5.74) is 15.6. The Morgan fingerprint density at radius 2 is 1.29 bits per heavy atom. The summed E-state index contributed by atoms with van der Waals surface area (Å²) in [5, 5.41) is 27.5. The fourth-order valence-corrected chi connectivity index (χ4v) is 1.38. The minimum absolute atomic E-state index is 0.0530. The zero-order valence-corrected chi connectivity index (χ0v) is 14.5. The number of aliphatic carboxylic acids is 2. The standard InChI is InChI=1S/C10H24N6.2C2H4O2/c11-9(12)15-7-5-3-1-2-4-6-8-16-10(13)14;2*1-2(3)4/h1-8H2,(H4,11,12,15)(H4,13,14,16);2*1H3,(H,3,4)/p-2. The molecule has 142 valence electrons. The van der Waals surface area contributed by atoms with E-state index in [1.54, 1.807) is 0 Å². The summed E-state index contributed by atoms with van der Waals surface area (Å²) in [6, 6.07) is 0. The second-order valence-corrected chi connectivity index (χ2v) is 4.75. The molecular formula is C14H30N6O4-2. The fraction of sp³-hybridized carbons (Fsp3) is 0.714. The Bertz CT molecular complexity index is 350. The topological polar surface area (TPSA) is 207 Å². The molecule has 0 aromatic carbocycles. The number of carbonyl (C=O) groups is 2. The zero-order valence-electron chi connectivity index (χ0n) is 14.5. The van der Waals surface area contributed by atoms with E-state index in [1.165, 1.54) is 19.3 Å². The Labute approximate surface area is 143 Å². The highest BCUT2D eigenvalue weighted by Crippen LogP contribution is 2.04. The third-order valence-corrected chi connectivity index (χ3v) is 2.19. The Hall–Kier alpha value is -2.52. The average Bonchev–Trinajstić information content (AvgIpc) is 2.39. The first-order chi connectivity index (χ1) is 11.1. The minimum atomic E-state index is -1.08. The molecule has 0 amide bonds. The molecule has 0 aromatic heterocycles. The summed E-state index contributed by atoms with van der Waals surface area (Å²) >= 11 is 0. The van der Waals surface area contributed by atoms with Crippen molar-refractivity contribution < 1.29 is 19.8 Å². The molecule has 0 radical (unpaired) electrons. The van der Waals surface area contributed by atoms with Crippen molar-refractivity contribution in [3.8, 4) is 0 Å². The van der Waals surface area contributed by atoms with Crippen molar-refractivity contribution in [3.63, 3.8) is 0 Å². The molecule has 8 N–H and O–H groups in total.